The molecule has 1 aliphatic rings. The molecule has 3 nitrogen and oxygen atoms in total. The molecule has 0 spiro atoms. The Kier molecular flexibility index (Phi) is 2.25. The number of Topliss-reactive ketones (excluding diaryl/α,β-unsaturated/α-hetero) is 1. The molecule has 5 heteroatoms. The van der Waals surface area contributed by atoms with Crippen molar-refractivity contribution < 1.29 is 13.4 Å². The van der Waals surface area contributed by atoms with Gasteiger partial charge in [0.1, 0.15) is 0 Å². The molecular weight excluding hydrogens is 181 g/mol. The smallest absolute Gasteiger partial charge is 0.170 e. The summed E-state index contributed by atoms with van der Waals surface area (Å²) in [4.78, 5) is 10.8. The first kappa shape index (κ1) is 9.64. The van der Waals surface area contributed by atoms with Gasteiger partial charge in [-0.05, 0) is 6.92 Å². The molecule has 1 heterocycles. The molecule has 0 aromatic rings. The van der Waals surface area contributed by atoms with Crippen molar-refractivity contribution in [3.63, 3.8) is 0 Å². The van der Waals surface area contributed by atoms with Gasteiger partial charge in [0.2, 0.25) is 0 Å². The third kappa shape index (κ3) is 1.83. The molecule has 0 bridgehead atoms. The minimum absolute atomic E-state index is 0.0169. The molecule has 0 aromatic heterocycles. The van der Waals surface area contributed by atoms with Crippen LogP contribution in [0.15, 0.2) is 0 Å². The van der Waals surface area contributed by atoms with Crippen LogP contribution in [0, 0.1) is 4.78 Å². The number of carbonyl (C=O) groups is 1. The molecule has 70 valence electrons. The number of halogens is 1. The van der Waals surface area contributed by atoms with Gasteiger partial charge in [0.15, 0.2) is 11.5 Å². The number of alkyl halides is 1. The molecule has 0 radical (unpaired) electrons. The van der Waals surface area contributed by atoms with E-state index < -0.39 is 21.2 Å². The lowest BCUT2D eigenvalue weighted by molar-refractivity contribution is -0.128. The van der Waals surface area contributed by atoms with Crippen LogP contribution in [0.4, 0.5) is 4.39 Å². The number of nitrogens with one attached hydrogen (secondary N) is 1. The molecule has 1 aliphatic heterocycles. The minimum atomic E-state index is -2.58. The number of carbonyl (C=O) groups excluding carboxylic acids is 1. The first-order chi connectivity index (χ1) is 5.36. The number of hydrogen-bond donors (Lipinski definition) is 1. The van der Waals surface area contributed by atoms with Crippen molar-refractivity contribution in [2.24, 2.45) is 0 Å². The molecule has 0 amide bonds. The Labute approximate surface area is 71.3 Å². The van der Waals surface area contributed by atoms with Crippen molar-refractivity contribution in [2.45, 2.75) is 25.4 Å². The van der Waals surface area contributed by atoms with E-state index in [2.05, 4.69) is 0 Å². The van der Waals surface area contributed by atoms with Crippen LogP contribution in [-0.2, 0) is 14.5 Å². The fourth-order valence-electron chi connectivity index (χ4n) is 1.23. The Bertz CT molecular complexity index is 283. The van der Waals surface area contributed by atoms with E-state index in [1.54, 1.807) is 0 Å². The summed E-state index contributed by atoms with van der Waals surface area (Å²) in [5, 5.41) is 0. The van der Waals surface area contributed by atoms with E-state index >= 15 is 0 Å². The van der Waals surface area contributed by atoms with Gasteiger partial charge in [0, 0.05) is 34.1 Å². The average Bonchev–Trinajstić information content (AvgIpc) is 1.96. The van der Waals surface area contributed by atoms with Crippen LogP contribution in [0.1, 0.15) is 19.8 Å². The van der Waals surface area contributed by atoms with Crippen LogP contribution in [-0.4, -0.2) is 27.2 Å². The Morgan fingerprint density at radius 2 is 1.92 bits per heavy atom. The maximum atomic E-state index is 13.5. The molecule has 1 rings (SSSR count). The van der Waals surface area contributed by atoms with E-state index in [0.717, 1.165) is 0 Å². The van der Waals surface area contributed by atoms with Gasteiger partial charge in [-0.3, -0.25) is 9.57 Å². The second-order valence-electron chi connectivity index (χ2n) is 3.24. The fraction of sp³-hybridized carbons (Fsp3) is 0.857. The van der Waals surface area contributed by atoms with Crippen molar-refractivity contribution >= 4 is 15.5 Å². The molecular formula is C7H12FNO2S. The summed E-state index contributed by atoms with van der Waals surface area (Å²) in [5.74, 6) is -0.469. The molecule has 0 unspecified atom stereocenters. The standard InChI is InChI=1S/C7H12FNO2S/c1-6(10)7(8)2-4-12(9,11)5-3-7/h9H,2-5H2,1H3. The van der Waals surface area contributed by atoms with Gasteiger partial charge in [0.25, 0.3) is 0 Å². The zero-order chi connectivity index (χ0) is 9.41. The zero-order valence-corrected chi connectivity index (χ0v) is 7.75. The Morgan fingerprint density at radius 1 is 1.50 bits per heavy atom. The Hall–Kier alpha value is -0.450. The first-order valence-electron chi connectivity index (χ1n) is 3.80. The van der Waals surface area contributed by atoms with E-state index in [0.29, 0.717) is 0 Å². The number of hydrogen-bond acceptors (Lipinski definition) is 3. The monoisotopic (exact) mass is 193 g/mol. The van der Waals surface area contributed by atoms with Gasteiger partial charge in [-0.1, -0.05) is 0 Å². The fourth-order valence-corrected chi connectivity index (χ4v) is 2.74. The first-order valence-corrected chi connectivity index (χ1v) is 5.69. The summed E-state index contributed by atoms with van der Waals surface area (Å²) < 4.78 is 31.8. The van der Waals surface area contributed by atoms with E-state index in [1.165, 1.54) is 6.92 Å². The van der Waals surface area contributed by atoms with Crippen LogP contribution in [0.5, 0.6) is 0 Å². The molecule has 0 aliphatic carbocycles. The zero-order valence-electron chi connectivity index (χ0n) is 6.93. The van der Waals surface area contributed by atoms with Crippen molar-refractivity contribution in [2.75, 3.05) is 11.5 Å². The van der Waals surface area contributed by atoms with Crippen molar-refractivity contribution in [3.05, 3.63) is 0 Å². The van der Waals surface area contributed by atoms with E-state index in [-0.39, 0.29) is 24.3 Å². The summed E-state index contributed by atoms with van der Waals surface area (Å²) in [6.07, 6.45) is -0.102. The van der Waals surface area contributed by atoms with Crippen LogP contribution in [0.2, 0.25) is 0 Å². The molecule has 1 fully saturated rings. The Morgan fingerprint density at radius 3 is 2.25 bits per heavy atom. The lowest BCUT2D eigenvalue weighted by Gasteiger charge is -2.27. The summed E-state index contributed by atoms with van der Waals surface area (Å²) >= 11 is 0. The molecule has 1 N–H and O–H groups in total. The molecule has 0 saturated carbocycles. The van der Waals surface area contributed by atoms with Gasteiger partial charge in [0.05, 0.1) is 0 Å². The lowest BCUT2D eigenvalue weighted by atomic mass is 9.95. The average molecular weight is 193 g/mol. The maximum absolute atomic E-state index is 13.5. The topological polar surface area (TPSA) is 58.0 Å². The largest absolute Gasteiger partial charge is 0.296 e. The Balaban J connectivity index is 2.74. The highest BCUT2D eigenvalue weighted by Gasteiger charge is 2.39. The third-order valence-electron chi connectivity index (χ3n) is 2.29. The lowest BCUT2D eigenvalue weighted by Crippen LogP contribution is -2.40. The normalized spacial score (nSPS) is 42.5. The van der Waals surface area contributed by atoms with Gasteiger partial charge in [-0.15, -0.1) is 0 Å². The SMILES string of the molecule is CC(=O)C1(F)CCS(=N)(=O)CC1. The van der Waals surface area contributed by atoms with Gasteiger partial charge >= 0.3 is 0 Å². The van der Waals surface area contributed by atoms with Gasteiger partial charge in [-0.2, -0.15) is 0 Å². The number of ketones is 1. The summed E-state index contributed by atoms with van der Waals surface area (Å²) in [6, 6.07) is 0. The van der Waals surface area contributed by atoms with Gasteiger partial charge in [-0.25, -0.2) is 8.60 Å². The summed E-state index contributed by atoms with van der Waals surface area (Å²) in [7, 11) is -2.58. The predicted molar refractivity (Wildman–Crippen MR) is 44.4 cm³/mol. The predicted octanol–water partition coefficient (Wildman–Crippen LogP) is 1.12. The van der Waals surface area contributed by atoms with Crippen LogP contribution >= 0.6 is 0 Å². The van der Waals surface area contributed by atoms with Crippen molar-refractivity contribution in [1.29, 1.82) is 4.78 Å². The quantitative estimate of drug-likeness (QED) is 0.678. The van der Waals surface area contributed by atoms with E-state index in [4.69, 9.17) is 4.78 Å². The van der Waals surface area contributed by atoms with Gasteiger partial charge < -0.3 is 0 Å². The van der Waals surface area contributed by atoms with E-state index in [9.17, 15) is 13.4 Å². The maximum Gasteiger partial charge on any atom is 0.170 e. The highest BCUT2D eigenvalue weighted by molar-refractivity contribution is 7.92. The highest BCUT2D eigenvalue weighted by Crippen LogP contribution is 2.28. The second-order valence-corrected chi connectivity index (χ2v) is 5.68. The van der Waals surface area contributed by atoms with Crippen LogP contribution < -0.4 is 0 Å². The number of rotatable bonds is 1. The summed E-state index contributed by atoms with van der Waals surface area (Å²) in [5.41, 5.74) is -1.80. The summed E-state index contributed by atoms with van der Waals surface area (Å²) in [6.45, 7) is 1.21. The van der Waals surface area contributed by atoms with Crippen molar-refractivity contribution in [3.8, 4) is 0 Å². The van der Waals surface area contributed by atoms with E-state index in [1.807, 2.05) is 0 Å². The molecule has 1 saturated heterocycles. The highest BCUT2D eigenvalue weighted by atomic mass is 32.2. The molecule has 0 aromatic carbocycles. The van der Waals surface area contributed by atoms with Crippen molar-refractivity contribution in [1.82, 2.24) is 0 Å². The third-order valence-corrected chi connectivity index (χ3v) is 4.01. The van der Waals surface area contributed by atoms with Crippen LogP contribution in [0.3, 0.4) is 0 Å². The molecule has 0 atom stereocenters. The minimum Gasteiger partial charge on any atom is -0.296 e. The molecule has 12 heavy (non-hydrogen) atoms. The second kappa shape index (κ2) is 2.80. The van der Waals surface area contributed by atoms with Crippen LogP contribution in [0.25, 0.3) is 0 Å².